The zero-order valence-corrected chi connectivity index (χ0v) is 14.1. The molecule has 1 N–H and O–H groups in total. The Balaban J connectivity index is 2.12. The van der Waals surface area contributed by atoms with Crippen molar-refractivity contribution >= 4 is 23.4 Å². The number of nitriles is 1. The van der Waals surface area contributed by atoms with Gasteiger partial charge in [-0.15, -0.1) is 0 Å². The van der Waals surface area contributed by atoms with Crippen LogP contribution in [-0.2, 0) is 10.2 Å². The number of amides is 1. The highest BCUT2D eigenvalue weighted by molar-refractivity contribution is 8.03. The van der Waals surface area contributed by atoms with Gasteiger partial charge in [-0.3, -0.25) is 4.79 Å². The zero-order chi connectivity index (χ0) is 16.9. The molecule has 2 rings (SSSR count). The number of nitrogens with one attached hydrogen (secondary N) is 1. The maximum Gasteiger partial charge on any atom is 0.234 e. The molecule has 0 heterocycles. The molecule has 23 heavy (non-hydrogen) atoms. The van der Waals surface area contributed by atoms with Crippen molar-refractivity contribution in [3.63, 3.8) is 0 Å². The van der Waals surface area contributed by atoms with Gasteiger partial charge in [-0.05, 0) is 67.6 Å². The Kier molecular flexibility index (Phi) is 5.30. The molecular weight excluding hydrogens is 308 g/mol. The minimum absolute atomic E-state index is 0.0941. The van der Waals surface area contributed by atoms with Crippen LogP contribution in [0.3, 0.4) is 0 Å². The largest absolute Gasteiger partial charge is 0.497 e. The number of carbonyl (C=O) groups excluding carboxylic acids is 1. The summed E-state index contributed by atoms with van der Waals surface area (Å²) in [5, 5.41) is 13.6. The first-order valence-electron chi connectivity index (χ1n) is 7.09. The standard InChI is InChI=1S/C18H18N2O2S/c1-18(2,13-4-8-15(22-3)9-5-13)17(21)20-14-6-10-16(11-7-14)23-12-19/h4-11H,1-3H3,(H,20,21). The third-order valence-electron chi connectivity index (χ3n) is 3.66. The van der Waals surface area contributed by atoms with E-state index in [9.17, 15) is 4.79 Å². The lowest BCUT2D eigenvalue weighted by Gasteiger charge is -2.24. The van der Waals surface area contributed by atoms with Crippen molar-refractivity contribution in [2.75, 3.05) is 12.4 Å². The van der Waals surface area contributed by atoms with Crippen LogP contribution in [-0.4, -0.2) is 13.0 Å². The van der Waals surface area contributed by atoms with Gasteiger partial charge in [0, 0.05) is 10.6 Å². The molecule has 0 aliphatic rings. The van der Waals surface area contributed by atoms with Crippen LogP contribution >= 0.6 is 11.8 Å². The number of hydrogen-bond acceptors (Lipinski definition) is 4. The Hall–Kier alpha value is -2.45. The number of hydrogen-bond donors (Lipinski definition) is 1. The lowest BCUT2D eigenvalue weighted by atomic mass is 9.83. The molecule has 0 aliphatic carbocycles. The fraction of sp³-hybridized carbons (Fsp3) is 0.222. The monoisotopic (exact) mass is 326 g/mol. The van der Waals surface area contributed by atoms with Crippen molar-refractivity contribution in [3.8, 4) is 11.2 Å². The van der Waals surface area contributed by atoms with E-state index in [2.05, 4.69) is 5.32 Å². The first-order chi connectivity index (χ1) is 11.0. The summed E-state index contributed by atoms with van der Waals surface area (Å²) >= 11 is 1.09. The van der Waals surface area contributed by atoms with Gasteiger partial charge in [0.1, 0.15) is 11.2 Å². The van der Waals surface area contributed by atoms with Crippen molar-refractivity contribution in [2.45, 2.75) is 24.2 Å². The Morgan fingerprint density at radius 3 is 2.26 bits per heavy atom. The summed E-state index contributed by atoms with van der Waals surface area (Å²) in [4.78, 5) is 13.4. The van der Waals surface area contributed by atoms with E-state index in [-0.39, 0.29) is 5.91 Å². The first-order valence-corrected chi connectivity index (χ1v) is 7.91. The van der Waals surface area contributed by atoms with E-state index in [1.165, 1.54) is 0 Å². The Labute approximate surface area is 140 Å². The second-order valence-corrected chi connectivity index (χ2v) is 6.38. The number of anilines is 1. The van der Waals surface area contributed by atoms with E-state index >= 15 is 0 Å². The number of ether oxygens (including phenoxy) is 1. The number of benzene rings is 2. The van der Waals surface area contributed by atoms with Crippen molar-refractivity contribution in [1.29, 1.82) is 5.26 Å². The minimum atomic E-state index is -0.674. The number of thioether (sulfide) groups is 1. The van der Waals surface area contributed by atoms with Gasteiger partial charge in [0.05, 0.1) is 12.5 Å². The second kappa shape index (κ2) is 7.21. The third kappa shape index (κ3) is 4.05. The van der Waals surface area contributed by atoms with Crippen molar-refractivity contribution in [1.82, 2.24) is 0 Å². The molecule has 5 heteroatoms. The van der Waals surface area contributed by atoms with Crippen molar-refractivity contribution < 1.29 is 9.53 Å². The third-order valence-corrected chi connectivity index (χ3v) is 4.25. The molecule has 118 valence electrons. The van der Waals surface area contributed by atoms with E-state index in [4.69, 9.17) is 10.00 Å². The number of rotatable bonds is 5. The topological polar surface area (TPSA) is 62.1 Å². The second-order valence-electron chi connectivity index (χ2n) is 5.53. The fourth-order valence-electron chi connectivity index (χ4n) is 2.09. The molecule has 0 bridgehead atoms. The van der Waals surface area contributed by atoms with Gasteiger partial charge in [-0.2, -0.15) is 5.26 Å². The van der Waals surface area contributed by atoms with Crippen LogP contribution in [0.1, 0.15) is 19.4 Å². The highest BCUT2D eigenvalue weighted by Crippen LogP contribution is 2.27. The normalized spacial score (nSPS) is 10.7. The van der Waals surface area contributed by atoms with Crippen molar-refractivity contribution in [3.05, 3.63) is 54.1 Å². The van der Waals surface area contributed by atoms with Crippen LogP contribution in [0.5, 0.6) is 5.75 Å². The molecule has 0 radical (unpaired) electrons. The summed E-state index contributed by atoms with van der Waals surface area (Å²) in [7, 11) is 1.61. The molecular formula is C18H18N2O2S. The Bertz CT molecular complexity index is 716. The lowest BCUT2D eigenvalue weighted by Crippen LogP contribution is -2.34. The molecule has 4 nitrogen and oxygen atoms in total. The van der Waals surface area contributed by atoms with E-state index < -0.39 is 5.41 Å². The predicted molar refractivity (Wildman–Crippen MR) is 92.6 cm³/mol. The average molecular weight is 326 g/mol. The SMILES string of the molecule is COc1ccc(C(C)(C)C(=O)Nc2ccc(SC#N)cc2)cc1. The number of thiocyanates is 1. The van der Waals surface area contributed by atoms with Crippen LogP contribution in [0.15, 0.2) is 53.4 Å². The maximum atomic E-state index is 12.6. The van der Waals surface area contributed by atoms with Crippen LogP contribution in [0.4, 0.5) is 5.69 Å². The van der Waals surface area contributed by atoms with Gasteiger partial charge in [0.15, 0.2) is 0 Å². The minimum Gasteiger partial charge on any atom is -0.497 e. The number of methoxy groups -OCH3 is 1. The molecule has 2 aromatic carbocycles. The van der Waals surface area contributed by atoms with E-state index in [0.29, 0.717) is 5.69 Å². The molecule has 0 saturated carbocycles. The highest BCUT2D eigenvalue weighted by atomic mass is 32.2. The fourth-order valence-corrected chi connectivity index (χ4v) is 2.46. The zero-order valence-electron chi connectivity index (χ0n) is 13.3. The average Bonchev–Trinajstić information content (AvgIpc) is 2.57. The molecule has 0 aromatic heterocycles. The maximum absolute atomic E-state index is 12.6. The van der Waals surface area contributed by atoms with Gasteiger partial charge >= 0.3 is 0 Å². The van der Waals surface area contributed by atoms with Gasteiger partial charge in [0.2, 0.25) is 5.91 Å². The summed E-state index contributed by atoms with van der Waals surface area (Å²) < 4.78 is 5.14. The Morgan fingerprint density at radius 1 is 1.13 bits per heavy atom. The molecule has 0 saturated heterocycles. The Morgan fingerprint density at radius 2 is 1.74 bits per heavy atom. The van der Waals surface area contributed by atoms with E-state index in [0.717, 1.165) is 28.0 Å². The van der Waals surface area contributed by atoms with Crippen LogP contribution in [0.2, 0.25) is 0 Å². The summed E-state index contributed by atoms with van der Waals surface area (Å²) in [6.45, 7) is 3.76. The van der Waals surface area contributed by atoms with Gasteiger partial charge in [-0.25, -0.2) is 0 Å². The first kappa shape index (κ1) is 16.9. The van der Waals surface area contributed by atoms with Gasteiger partial charge in [-0.1, -0.05) is 12.1 Å². The van der Waals surface area contributed by atoms with E-state index in [1.807, 2.05) is 55.6 Å². The molecule has 1 amide bonds. The molecule has 0 unspecified atom stereocenters. The van der Waals surface area contributed by atoms with Crippen LogP contribution in [0.25, 0.3) is 0 Å². The summed E-state index contributed by atoms with van der Waals surface area (Å²) in [6, 6.07) is 14.7. The van der Waals surface area contributed by atoms with Crippen molar-refractivity contribution in [2.24, 2.45) is 0 Å². The quantitative estimate of drug-likeness (QED) is 0.661. The van der Waals surface area contributed by atoms with Crippen LogP contribution in [0, 0.1) is 10.7 Å². The van der Waals surface area contributed by atoms with Gasteiger partial charge < -0.3 is 10.1 Å². The summed E-state index contributed by atoms with van der Waals surface area (Å²) in [6.07, 6.45) is 0. The molecule has 0 fully saturated rings. The van der Waals surface area contributed by atoms with E-state index in [1.54, 1.807) is 19.2 Å². The smallest absolute Gasteiger partial charge is 0.234 e. The molecule has 2 aromatic rings. The van der Waals surface area contributed by atoms with Crippen LogP contribution < -0.4 is 10.1 Å². The molecule has 0 spiro atoms. The van der Waals surface area contributed by atoms with Gasteiger partial charge in [0.25, 0.3) is 0 Å². The number of nitrogens with zero attached hydrogens (tertiary/aromatic N) is 1. The highest BCUT2D eigenvalue weighted by Gasteiger charge is 2.29. The number of carbonyl (C=O) groups is 1. The lowest BCUT2D eigenvalue weighted by molar-refractivity contribution is -0.120. The summed E-state index contributed by atoms with van der Waals surface area (Å²) in [5.41, 5.74) is 0.943. The molecule has 0 atom stereocenters. The molecule has 0 aliphatic heterocycles. The predicted octanol–water partition coefficient (Wildman–Crippen LogP) is 4.18. The summed E-state index contributed by atoms with van der Waals surface area (Å²) in [5.74, 6) is 0.666.